The summed E-state index contributed by atoms with van der Waals surface area (Å²) in [6.07, 6.45) is 0. The van der Waals surface area contributed by atoms with Crippen LogP contribution in [0.5, 0.6) is 5.75 Å². The minimum Gasteiger partial charge on any atom is -0.495 e. The molecule has 3 aromatic carbocycles. The van der Waals surface area contributed by atoms with Gasteiger partial charge in [-0.3, -0.25) is 19.8 Å². The number of amides is 1. The van der Waals surface area contributed by atoms with E-state index in [1.165, 1.54) is 6.07 Å². The molecule has 2 heterocycles. The van der Waals surface area contributed by atoms with Crippen molar-refractivity contribution in [2.45, 2.75) is 0 Å². The van der Waals surface area contributed by atoms with Gasteiger partial charge in [-0.15, -0.1) is 0 Å². The number of methoxy groups -OCH3 is 1. The third-order valence-electron chi connectivity index (χ3n) is 6.13. The van der Waals surface area contributed by atoms with Crippen molar-refractivity contribution in [3.63, 3.8) is 0 Å². The van der Waals surface area contributed by atoms with E-state index in [-0.39, 0.29) is 23.1 Å². The highest BCUT2D eigenvalue weighted by atomic mass is 16.6. The van der Waals surface area contributed by atoms with Crippen molar-refractivity contribution < 1.29 is 18.9 Å². The molecule has 1 fully saturated rings. The van der Waals surface area contributed by atoms with E-state index in [9.17, 15) is 14.9 Å². The SMILES string of the molecule is COc1cc2c(cc1NC(=O)CN1CCN(c3ccccc3[N+](=O)[O-])CC1)oc1ccccc12. The number of carbonyl (C=O) groups is 1. The van der Waals surface area contributed by atoms with Crippen molar-refractivity contribution in [2.75, 3.05) is 50.1 Å². The van der Waals surface area contributed by atoms with E-state index in [1.54, 1.807) is 31.4 Å². The number of fused-ring (bicyclic) bond motifs is 3. The number of ether oxygens (including phenoxy) is 1. The first-order valence-electron chi connectivity index (χ1n) is 11.0. The van der Waals surface area contributed by atoms with Gasteiger partial charge in [0.15, 0.2) is 0 Å². The number of nitrogens with one attached hydrogen (secondary N) is 1. The second-order valence-electron chi connectivity index (χ2n) is 8.20. The maximum Gasteiger partial charge on any atom is 0.292 e. The Balaban J connectivity index is 1.25. The number of hydrogen-bond donors (Lipinski definition) is 1. The number of nitrogens with zero attached hydrogens (tertiary/aromatic N) is 3. The van der Waals surface area contributed by atoms with E-state index in [1.807, 2.05) is 40.1 Å². The van der Waals surface area contributed by atoms with Crippen molar-refractivity contribution in [3.8, 4) is 5.75 Å². The van der Waals surface area contributed by atoms with E-state index >= 15 is 0 Å². The van der Waals surface area contributed by atoms with Crippen LogP contribution in [0.2, 0.25) is 0 Å². The van der Waals surface area contributed by atoms with Gasteiger partial charge in [-0.25, -0.2) is 0 Å². The molecule has 1 N–H and O–H groups in total. The molecule has 0 saturated carbocycles. The lowest BCUT2D eigenvalue weighted by Gasteiger charge is -2.35. The van der Waals surface area contributed by atoms with Crippen LogP contribution in [0.3, 0.4) is 0 Å². The van der Waals surface area contributed by atoms with Crippen LogP contribution in [0.4, 0.5) is 17.1 Å². The molecule has 1 aliphatic rings. The van der Waals surface area contributed by atoms with Crippen molar-refractivity contribution >= 4 is 44.9 Å². The number of rotatable bonds is 6. The Kier molecular flexibility index (Phi) is 5.77. The van der Waals surface area contributed by atoms with Gasteiger partial charge in [-0.05, 0) is 18.2 Å². The number of nitro benzene ring substituents is 1. The number of piperazine rings is 1. The predicted octanol–water partition coefficient (Wildman–Crippen LogP) is 4.26. The number of furan rings is 1. The zero-order valence-corrected chi connectivity index (χ0v) is 18.7. The summed E-state index contributed by atoms with van der Waals surface area (Å²) in [7, 11) is 1.57. The third kappa shape index (κ3) is 4.13. The highest BCUT2D eigenvalue weighted by Crippen LogP contribution is 2.36. The predicted molar refractivity (Wildman–Crippen MR) is 131 cm³/mol. The summed E-state index contributed by atoms with van der Waals surface area (Å²) >= 11 is 0. The van der Waals surface area contributed by atoms with E-state index in [0.717, 1.165) is 16.4 Å². The summed E-state index contributed by atoms with van der Waals surface area (Å²) in [5.41, 5.74) is 2.72. The first-order chi connectivity index (χ1) is 16.5. The summed E-state index contributed by atoms with van der Waals surface area (Å²) in [5, 5.41) is 16.2. The molecule has 0 bridgehead atoms. The topological polar surface area (TPSA) is 101 Å². The normalized spacial score (nSPS) is 14.4. The quantitative estimate of drug-likeness (QED) is 0.339. The summed E-state index contributed by atoms with van der Waals surface area (Å²) in [5.74, 6) is 0.404. The van der Waals surface area contributed by atoms with E-state index in [4.69, 9.17) is 9.15 Å². The monoisotopic (exact) mass is 460 g/mol. The molecule has 0 atom stereocenters. The van der Waals surface area contributed by atoms with E-state index in [0.29, 0.717) is 48.9 Å². The van der Waals surface area contributed by atoms with Crippen LogP contribution >= 0.6 is 0 Å². The first-order valence-corrected chi connectivity index (χ1v) is 11.0. The van der Waals surface area contributed by atoms with Crippen LogP contribution < -0.4 is 15.0 Å². The molecule has 1 saturated heterocycles. The fraction of sp³-hybridized carbons (Fsp3) is 0.240. The largest absolute Gasteiger partial charge is 0.495 e. The minimum absolute atomic E-state index is 0.0989. The molecule has 1 aromatic heterocycles. The molecule has 34 heavy (non-hydrogen) atoms. The molecule has 4 aromatic rings. The summed E-state index contributed by atoms with van der Waals surface area (Å²) in [4.78, 5) is 27.8. The summed E-state index contributed by atoms with van der Waals surface area (Å²) in [6.45, 7) is 2.67. The summed E-state index contributed by atoms with van der Waals surface area (Å²) < 4.78 is 11.5. The number of benzene rings is 3. The average molecular weight is 460 g/mol. The van der Waals surface area contributed by atoms with Gasteiger partial charge < -0.3 is 19.4 Å². The molecule has 0 unspecified atom stereocenters. The highest BCUT2D eigenvalue weighted by Gasteiger charge is 2.24. The fourth-order valence-electron chi connectivity index (χ4n) is 4.44. The van der Waals surface area contributed by atoms with E-state index < -0.39 is 0 Å². The van der Waals surface area contributed by atoms with Gasteiger partial charge in [-0.2, -0.15) is 0 Å². The standard InChI is InChI=1S/C25H24N4O5/c1-33-24-14-18-17-6-2-5-9-22(17)34-23(18)15-19(24)26-25(30)16-27-10-12-28(13-11-27)20-7-3-4-8-21(20)29(31)32/h2-9,14-15H,10-13,16H2,1H3,(H,26,30). The molecule has 1 amide bonds. The highest BCUT2D eigenvalue weighted by molar-refractivity contribution is 6.07. The Labute approximate surface area is 195 Å². The Morgan fingerprint density at radius 2 is 1.76 bits per heavy atom. The van der Waals surface area contributed by atoms with Gasteiger partial charge in [-0.1, -0.05) is 30.3 Å². The van der Waals surface area contributed by atoms with Crippen LogP contribution in [0.15, 0.2) is 65.1 Å². The minimum atomic E-state index is -0.360. The molecular formula is C25H24N4O5. The first kappa shape index (κ1) is 21.7. The zero-order chi connectivity index (χ0) is 23.7. The maximum atomic E-state index is 12.8. The molecule has 9 nitrogen and oxygen atoms in total. The molecule has 0 aliphatic carbocycles. The van der Waals surface area contributed by atoms with Gasteiger partial charge in [0.1, 0.15) is 22.6 Å². The van der Waals surface area contributed by atoms with Crippen molar-refractivity contribution in [1.29, 1.82) is 0 Å². The van der Waals surface area contributed by atoms with E-state index in [2.05, 4.69) is 5.32 Å². The van der Waals surface area contributed by atoms with Crippen LogP contribution in [0.1, 0.15) is 0 Å². The second kappa shape index (κ2) is 9.03. The van der Waals surface area contributed by atoms with Crippen molar-refractivity contribution in [1.82, 2.24) is 4.90 Å². The molecule has 174 valence electrons. The lowest BCUT2D eigenvalue weighted by atomic mass is 10.1. The van der Waals surface area contributed by atoms with Gasteiger partial charge >= 0.3 is 0 Å². The fourth-order valence-corrected chi connectivity index (χ4v) is 4.44. The Morgan fingerprint density at radius 3 is 2.53 bits per heavy atom. The molecule has 0 radical (unpaired) electrons. The van der Waals surface area contributed by atoms with Gasteiger partial charge in [0.2, 0.25) is 5.91 Å². The molecular weight excluding hydrogens is 436 g/mol. The molecule has 5 rings (SSSR count). The molecule has 0 spiro atoms. The molecule has 1 aliphatic heterocycles. The Bertz CT molecular complexity index is 1370. The van der Waals surface area contributed by atoms with Crippen LogP contribution in [0, 0.1) is 10.1 Å². The van der Waals surface area contributed by atoms with Gasteiger partial charge in [0.05, 0.1) is 24.3 Å². The summed E-state index contributed by atoms with van der Waals surface area (Å²) in [6, 6.07) is 18.2. The van der Waals surface area contributed by atoms with Crippen molar-refractivity contribution in [3.05, 3.63) is 70.8 Å². The number of hydrogen-bond acceptors (Lipinski definition) is 7. The number of nitro groups is 1. The van der Waals surface area contributed by atoms with Crippen LogP contribution in [-0.4, -0.2) is 55.6 Å². The Hall–Kier alpha value is -4.11. The zero-order valence-electron chi connectivity index (χ0n) is 18.7. The third-order valence-corrected chi connectivity index (χ3v) is 6.13. The number of carbonyl (C=O) groups excluding carboxylic acids is 1. The Morgan fingerprint density at radius 1 is 1.03 bits per heavy atom. The van der Waals surface area contributed by atoms with Crippen LogP contribution in [0.25, 0.3) is 21.9 Å². The number of para-hydroxylation sites is 3. The van der Waals surface area contributed by atoms with Crippen molar-refractivity contribution in [2.24, 2.45) is 0 Å². The van der Waals surface area contributed by atoms with Crippen LogP contribution in [-0.2, 0) is 4.79 Å². The second-order valence-corrected chi connectivity index (χ2v) is 8.20. The number of anilines is 2. The van der Waals surface area contributed by atoms with Gasteiger partial charge in [0, 0.05) is 49.1 Å². The van der Waals surface area contributed by atoms with Gasteiger partial charge in [0.25, 0.3) is 5.69 Å². The maximum absolute atomic E-state index is 12.8. The lowest BCUT2D eigenvalue weighted by molar-refractivity contribution is -0.384. The molecule has 9 heteroatoms. The average Bonchev–Trinajstić information content (AvgIpc) is 3.21. The smallest absolute Gasteiger partial charge is 0.292 e. The lowest BCUT2D eigenvalue weighted by Crippen LogP contribution is -2.48.